The number of rotatable bonds is 3. The Balaban J connectivity index is 2.32. The van der Waals surface area contributed by atoms with Crippen LogP contribution in [0.2, 0.25) is 5.02 Å². The summed E-state index contributed by atoms with van der Waals surface area (Å²) in [5.41, 5.74) is 3.25. The van der Waals surface area contributed by atoms with Crippen molar-refractivity contribution in [3.8, 4) is 5.75 Å². The van der Waals surface area contributed by atoms with E-state index in [0.717, 1.165) is 11.1 Å². The molecule has 20 heavy (non-hydrogen) atoms. The summed E-state index contributed by atoms with van der Waals surface area (Å²) < 4.78 is 5.22. The number of halogens is 1. The van der Waals surface area contributed by atoms with Crippen LogP contribution in [-0.4, -0.2) is 13.0 Å². The van der Waals surface area contributed by atoms with Crippen LogP contribution in [0.1, 0.15) is 21.5 Å². The lowest BCUT2D eigenvalue weighted by atomic mass is 10.0. The lowest BCUT2D eigenvalue weighted by molar-refractivity contribution is 0.102. The molecule has 0 saturated heterocycles. The Kier molecular flexibility index (Phi) is 4.30. The van der Waals surface area contributed by atoms with E-state index in [9.17, 15) is 4.79 Å². The van der Waals surface area contributed by atoms with Gasteiger partial charge in [0, 0.05) is 10.6 Å². The van der Waals surface area contributed by atoms with Gasteiger partial charge in [0.05, 0.1) is 12.8 Å². The van der Waals surface area contributed by atoms with Crippen LogP contribution in [0.15, 0.2) is 36.4 Å². The highest BCUT2D eigenvalue weighted by Crippen LogP contribution is 2.28. The van der Waals surface area contributed by atoms with Crippen molar-refractivity contribution in [3.63, 3.8) is 0 Å². The monoisotopic (exact) mass is 289 g/mol. The molecule has 0 spiro atoms. The third kappa shape index (κ3) is 2.94. The standard InChI is InChI=1S/C16H16ClNO2/c1-10-5-4-6-13(11(10)2)16(19)18-14-9-12(17)7-8-15(14)20-3/h4-9H,1-3H3,(H,18,19). The number of anilines is 1. The first kappa shape index (κ1) is 14.4. The average Bonchev–Trinajstić information content (AvgIpc) is 2.42. The Morgan fingerprint density at radius 2 is 1.95 bits per heavy atom. The highest BCUT2D eigenvalue weighted by Gasteiger charge is 2.13. The molecule has 3 nitrogen and oxygen atoms in total. The molecular weight excluding hydrogens is 274 g/mol. The first-order valence-electron chi connectivity index (χ1n) is 6.24. The fourth-order valence-corrected chi connectivity index (χ4v) is 2.14. The van der Waals surface area contributed by atoms with Crippen molar-refractivity contribution in [2.24, 2.45) is 0 Å². The molecule has 2 aromatic carbocycles. The molecule has 104 valence electrons. The lowest BCUT2D eigenvalue weighted by Crippen LogP contribution is -2.14. The van der Waals surface area contributed by atoms with E-state index in [-0.39, 0.29) is 5.91 Å². The van der Waals surface area contributed by atoms with Gasteiger partial charge in [-0.25, -0.2) is 0 Å². The first-order valence-corrected chi connectivity index (χ1v) is 6.62. The number of methoxy groups -OCH3 is 1. The molecule has 0 aliphatic carbocycles. The van der Waals surface area contributed by atoms with Gasteiger partial charge < -0.3 is 10.1 Å². The minimum absolute atomic E-state index is 0.174. The van der Waals surface area contributed by atoms with Gasteiger partial charge >= 0.3 is 0 Å². The molecule has 0 unspecified atom stereocenters. The number of benzene rings is 2. The van der Waals surface area contributed by atoms with E-state index >= 15 is 0 Å². The normalized spacial score (nSPS) is 10.2. The number of carbonyl (C=O) groups excluding carboxylic acids is 1. The topological polar surface area (TPSA) is 38.3 Å². The quantitative estimate of drug-likeness (QED) is 0.919. The summed E-state index contributed by atoms with van der Waals surface area (Å²) in [5, 5.41) is 3.38. The van der Waals surface area contributed by atoms with E-state index < -0.39 is 0 Å². The molecule has 0 aromatic heterocycles. The van der Waals surface area contributed by atoms with E-state index in [0.29, 0.717) is 22.0 Å². The molecule has 0 aliphatic rings. The zero-order valence-corrected chi connectivity index (χ0v) is 12.4. The minimum Gasteiger partial charge on any atom is -0.495 e. The molecule has 0 atom stereocenters. The minimum atomic E-state index is -0.174. The Hall–Kier alpha value is -2.00. The zero-order valence-electron chi connectivity index (χ0n) is 11.7. The van der Waals surface area contributed by atoms with Crippen LogP contribution in [0.5, 0.6) is 5.75 Å². The number of ether oxygens (including phenoxy) is 1. The number of nitrogens with one attached hydrogen (secondary N) is 1. The van der Waals surface area contributed by atoms with Crippen LogP contribution in [0.4, 0.5) is 5.69 Å². The molecule has 0 heterocycles. The molecule has 0 saturated carbocycles. The Labute approximate surface area is 123 Å². The van der Waals surface area contributed by atoms with Gasteiger partial charge in [-0.1, -0.05) is 23.7 Å². The maximum Gasteiger partial charge on any atom is 0.256 e. The van der Waals surface area contributed by atoms with Crippen molar-refractivity contribution in [2.75, 3.05) is 12.4 Å². The zero-order chi connectivity index (χ0) is 14.7. The van der Waals surface area contributed by atoms with E-state index in [1.807, 2.05) is 26.0 Å². The SMILES string of the molecule is COc1ccc(Cl)cc1NC(=O)c1cccc(C)c1C. The summed E-state index contributed by atoms with van der Waals surface area (Å²) in [6.07, 6.45) is 0. The van der Waals surface area contributed by atoms with Gasteiger partial charge in [0.1, 0.15) is 5.75 Å². The van der Waals surface area contributed by atoms with Crippen molar-refractivity contribution >= 4 is 23.2 Å². The number of amides is 1. The Morgan fingerprint density at radius 1 is 1.20 bits per heavy atom. The van der Waals surface area contributed by atoms with Crippen LogP contribution in [-0.2, 0) is 0 Å². The number of hydrogen-bond acceptors (Lipinski definition) is 2. The van der Waals surface area contributed by atoms with Crippen molar-refractivity contribution in [1.82, 2.24) is 0 Å². The van der Waals surface area contributed by atoms with Gasteiger partial charge in [0.15, 0.2) is 0 Å². The van der Waals surface area contributed by atoms with Gasteiger partial charge in [-0.05, 0) is 49.2 Å². The molecular formula is C16H16ClNO2. The van der Waals surface area contributed by atoms with Gasteiger partial charge in [0.2, 0.25) is 0 Å². The molecule has 2 rings (SSSR count). The summed E-state index contributed by atoms with van der Waals surface area (Å²) in [4.78, 5) is 12.4. The first-order chi connectivity index (χ1) is 9.52. The van der Waals surface area contributed by atoms with Crippen LogP contribution < -0.4 is 10.1 Å². The largest absolute Gasteiger partial charge is 0.495 e. The van der Waals surface area contributed by atoms with E-state index in [1.54, 1.807) is 31.4 Å². The summed E-state index contributed by atoms with van der Waals surface area (Å²) >= 11 is 5.95. The Morgan fingerprint density at radius 3 is 2.65 bits per heavy atom. The molecule has 1 amide bonds. The average molecular weight is 290 g/mol. The van der Waals surface area contributed by atoms with Gasteiger partial charge in [-0.2, -0.15) is 0 Å². The van der Waals surface area contributed by atoms with E-state index in [4.69, 9.17) is 16.3 Å². The van der Waals surface area contributed by atoms with Gasteiger partial charge in [-0.15, -0.1) is 0 Å². The highest BCUT2D eigenvalue weighted by molar-refractivity contribution is 6.31. The van der Waals surface area contributed by atoms with Gasteiger partial charge in [0.25, 0.3) is 5.91 Å². The molecule has 0 radical (unpaired) electrons. The molecule has 4 heteroatoms. The third-order valence-corrected chi connectivity index (χ3v) is 3.49. The van der Waals surface area contributed by atoms with Crippen LogP contribution in [0.3, 0.4) is 0 Å². The second-order valence-electron chi connectivity index (χ2n) is 4.55. The number of carbonyl (C=O) groups is 1. The maximum atomic E-state index is 12.4. The third-order valence-electron chi connectivity index (χ3n) is 3.26. The summed E-state index contributed by atoms with van der Waals surface area (Å²) in [6.45, 7) is 3.91. The number of aryl methyl sites for hydroxylation is 1. The van der Waals surface area contributed by atoms with Crippen molar-refractivity contribution < 1.29 is 9.53 Å². The Bertz CT molecular complexity index is 653. The fourth-order valence-electron chi connectivity index (χ4n) is 1.96. The van der Waals surface area contributed by atoms with Crippen molar-refractivity contribution in [1.29, 1.82) is 0 Å². The lowest BCUT2D eigenvalue weighted by Gasteiger charge is -2.12. The second-order valence-corrected chi connectivity index (χ2v) is 4.98. The molecule has 0 fully saturated rings. The molecule has 0 aliphatic heterocycles. The van der Waals surface area contributed by atoms with Crippen molar-refractivity contribution in [3.05, 3.63) is 58.1 Å². The van der Waals surface area contributed by atoms with Crippen LogP contribution >= 0.6 is 11.6 Å². The molecule has 0 bridgehead atoms. The van der Waals surface area contributed by atoms with Crippen LogP contribution in [0.25, 0.3) is 0 Å². The highest BCUT2D eigenvalue weighted by atomic mass is 35.5. The number of hydrogen-bond donors (Lipinski definition) is 1. The predicted octanol–water partition coefficient (Wildman–Crippen LogP) is 4.22. The maximum absolute atomic E-state index is 12.4. The fraction of sp³-hybridized carbons (Fsp3) is 0.188. The molecule has 1 N–H and O–H groups in total. The van der Waals surface area contributed by atoms with Crippen LogP contribution in [0, 0.1) is 13.8 Å². The summed E-state index contributed by atoms with van der Waals surface area (Å²) in [5.74, 6) is 0.403. The van der Waals surface area contributed by atoms with Gasteiger partial charge in [-0.3, -0.25) is 4.79 Å². The van der Waals surface area contributed by atoms with E-state index in [1.165, 1.54) is 0 Å². The predicted molar refractivity (Wildman–Crippen MR) is 81.9 cm³/mol. The van der Waals surface area contributed by atoms with Crippen molar-refractivity contribution in [2.45, 2.75) is 13.8 Å². The summed E-state index contributed by atoms with van der Waals surface area (Å²) in [6, 6.07) is 10.8. The van der Waals surface area contributed by atoms with E-state index in [2.05, 4.69) is 5.32 Å². The second kappa shape index (κ2) is 5.97. The summed E-state index contributed by atoms with van der Waals surface area (Å²) in [7, 11) is 1.55. The smallest absolute Gasteiger partial charge is 0.256 e. The molecule has 2 aromatic rings.